The molecular formula is C23H27N. The van der Waals surface area contributed by atoms with Crippen molar-refractivity contribution in [2.75, 3.05) is 6.54 Å². The number of benzene rings is 3. The van der Waals surface area contributed by atoms with E-state index in [0.717, 1.165) is 25.4 Å². The minimum absolute atomic E-state index is 0.887. The van der Waals surface area contributed by atoms with Gasteiger partial charge in [0.15, 0.2) is 0 Å². The first kappa shape index (κ1) is 15.7. The standard InChI is InChI=1S/C23H27N/c1-2-18-19-11-5-7-13-21(19)23(22-14-8-6-12-20(18)22)16-24-15-17-9-3-4-10-17/h5-8,11-14,17,24H,2-4,9-10,15-16H2,1H3. The second-order valence-electron chi connectivity index (χ2n) is 7.18. The highest BCUT2D eigenvalue weighted by Gasteiger charge is 2.16. The van der Waals surface area contributed by atoms with Gasteiger partial charge in [-0.1, -0.05) is 68.3 Å². The molecule has 0 bridgehead atoms. The summed E-state index contributed by atoms with van der Waals surface area (Å²) in [5.74, 6) is 0.887. The van der Waals surface area contributed by atoms with Gasteiger partial charge in [0.05, 0.1) is 0 Å². The Morgan fingerprint density at radius 3 is 1.79 bits per heavy atom. The van der Waals surface area contributed by atoms with Crippen molar-refractivity contribution in [1.29, 1.82) is 0 Å². The minimum atomic E-state index is 0.887. The molecule has 1 fully saturated rings. The first-order valence-electron chi connectivity index (χ1n) is 9.50. The molecule has 1 aliphatic carbocycles. The van der Waals surface area contributed by atoms with Crippen LogP contribution in [-0.4, -0.2) is 6.54 Å². The highest BCUT2D eigenvalue weighted by atomic mass is 14.9. The summed E-state index contributed by atoms with van der Waals surface area (Å²) in [5.41, 5.74) is 2.96. The van der Waals surface area contributed by atoms with Crippen LogP contribution in [0.15, 0.2) is 48.5 Å². The van der Waals surface area contributed by atoms with Crippen LogP contribution in [0.4, 0.5) is 0 Å². The number of nitrogens with one attached hydrogen (secondary N) is 1. The van der Waals surface area contributed by atoms with Gasteiger partial charge in [-0.05, 0) is 64.4 Å². The van der Waals surface area contributed by atoms with E-state index in [2.05, 4.69) is 60.8 Å². The minimum Gasteiger partial charge on any atom is -0.312 e. The van der Waals surface area contributed by atoms with Crippen molar-refractivity contribution >= 4 is 21.5 Å². The van der Waals surface area contributed by atoms with Crippen molar-refractivity contribution in [3.05, 3.63) is 59.7 Å². The molecule has 0 heterocycles. The molecule has 1 nitrogen and oxygen atoms in total. The Kier molecular flexibility index (Phi) is 4.53. The lowest BCUT2D eigenvalue weighted by Gasteiger charge is -2.17. The molecule has 0 unspecified atom stereocenters. The second kappa shape index (κ2) is 6.94. The monoisotopic (exact) mass is 317 g/mol. The Hall–Kier alpha value is -1.86. The maximum absolute atomic E-state index is 3.77. The van der Waals surface area contributed by atoms with Crippen molar-refractivity contribution in [1.82, 2.24) is 5.32 Å². The zero-order valence-electron chi connectivity index (χ0n) is 14.6. The number of aryl methyl sites for hydroxylation is 1. The van der Waals surface area contributed by atoms with Gasteiger partial charge in [0.25, 0.3) is 0 Å². The van der Waals surface area contributed by atoms with Crippen LogP contribution in [0.3, 0.4) is 0 Å². The maximum Gasteiger partial charge on any atom is 0.0217 e. The number of hydrogen-bond donors (Lipinski definition) is 1. The van der Waals surface area contributed by atoms with Crippen LogP contribution in [0.5, 0.6) is 0 Å². The van der Waals surface area contributed by atoms with E-state index < -0.39 is 0 Å². The molecule has 0 aliphatic heterocycles. The van der Waals surface area contributed by atoms with Crippen molar-refractivity contribution in [2.24, 2.45) is 5.92 Å². The zero-order chi connectivity index (χ0) is 16.4. The first-order chi connectivity index (χ1) is 11.9. The molecule has 1 N–H and O–H groups in total. The van der Waals surface area contributed by atoms with Gasteiger partial charge in [-0.15, -0.1) is 0 Å². The largest absolute Gasteiger partial charge is 0.312 e. The Balaban J connectivity index is 1.76. The molecule has 0 amide bonds. The summed E-state index contributed by atoms with van der Waals surface area (Å²) >= 11 is 0. The molecule has 1 heteroatoms. The average molecular weight is 317 g/mol. The molecule has 24 heavy (non-hydrogen) atoms. The molecule has 4 rings (SSSR count). The Labute approximate surface area is 145 Å². The molecule has 3 aromatic carbocycles. The molecule has 124 valence electrons. The smallest absolute Gasteiger partial charge is 0.0217 e. The van der Waals surface area contributed by atoms with Gasteiger partial charge >= 0.3 is 0 Å². The Morgan fingerprint density at radius 2 is 1.29 bits per heavy atom. The fourth-order valence-electron chi connectivity index (χ4n) is 4.50. The van der Waals surface area contributed by atoms with Crippen LogP contribution in [0, 0.1) is 5.92 Å². The molecule has 1 saturated carbocycles. The van der Waals surface area contributed by atoms with E-state index in [1.165, 1.54) is 58.4 Å². The summed E-state index contributed by atoms with van der Waals surface area (Å²) in [6.07, 6.45) is 6.73. The fourth-order valence-corrected chi connectivity index (χ4v) is 4.50. The summed E-state index contributed by atoms with van der Waals surface area (Å²) < 4.78 is 0. The summed E-state index contributed by atoms with van der Waals surface area (Å²) in [7, 11) is 0. The van der Waals surface area contributed by atoms with Crippen LogP contribution in [0.25, 0.3) is 21.5 Å². The lowest BCUT2D eigenvalue weighted by Crippen LogP contribution is -2.21. The number of fused-ring (bicyclic) bond motifs is 2. The van der Waals surface area contributed by atoms with Crippen molar-refractivity contribution in [3.63, 3.8) is 0 Å². The molecule has 3 aromatic rings. The third-order valence-corrected chi connectivity index (χ3v) is 5.72. The van der Waals surface area contributed by atoms with Crippen LogP contribution < -0.4 is 5.32 Å². The van der Waals surface area contributed by atoms with Gasteiger partial charge in [-0.25, -0.2) is 0 Å². The van der Waals surface area contributed by atoms with Crippen LogP contribution in [-0.2, 0) is 13.0 Å². The lowest BCUT2D eigenvalue weighted by molar-refractivity contribution is 0.490. The lowest BCUT2D eigenvalue weighted by atomic mass is 9.90. The van der Waals surface area contributed by atoms with Crippen LogP contribution in [0.2, 0.25) is 0 Å². The zero-order valence-corrected chi connectivity index (χ0v) is 14.6. The maximum atomic E-state index is 3.77. The third kappa shape index (κ3) is 2.82. The number of rotatable bonds is 5. The molecule has 0 aromatic heterocycles. The number of hydrogen-bond acceptors (Lipinski definition) is 1. The van der Waals surface area contributed by atoms with E-state index in [1.54, 1.807) is 0 Å². The predicted octanol–water partition coefficient (Wildman–Crippen LogP) is 5.84. The van der Waals surface area contributed by atoms with Gasteiger partial charge in [0.2, 0.25) is 0 Å². The van der Waals surface area contributed by atoms with E-state index in [4.69, 9.17) is 0 Å². The highest BCUT2D eigenvalue weighted by Crippen LogP contribution is 2.33. The third-order valence-electron chi connectivity index (χ3n) is 5.72. The van der Waals surface area contributed by atoms with Gasteiger partial charge in [-0.3, -0.25) is 0 Å². The first-order valence-corrected chi connectivity index (χ1v) is 9.50. The van der Waals surface area contributed by atoms with E-state index in [-0.39, 0.29) is 0 Å². The molecule has 0 atom stereocenters. The van der Waals surface area contributed by atoms with Crippen molar-refractivity contribution in [2.45, 2.75) is 45.6 Å². The average Bonchev–Trinajstić information content (AvgIpc) is 3.14. The SMILES string of the molecule is CCc1c2ccccc2c(CNCC2CCCC2)c2ccccc12. The molecule has 1 aliphatic rings. The molecular weight excluding hydrogens is 290 g/mol. The fraction of sp³-hybridized carbons (Fsp3) is 0.391. The predicted molar refractivity (Wildman–Crippen MR) is 104 cm³/mol. The summed E-state index contributed by atoms with van der Waals surface area (Å²) in [6.45, 7) is 4.41. The second-order valence-corrected chi connectivity index (χ2v) is 7.18. The normalized spacial score (nSPS) is 15.5. The quantitative estimate of drug-likeness (QED) is 0.583. The van der Waals surface area contributed by atoms with Crippen molar-refractivity contribution in [3.8, 4) is 0 Å². The summed E-state index contributed by atoms with van der Waals surface area (Å²) in [4.78, 5) is 0. The molecule has 0 radical (unpaired) electrons. The Morgan fingerprint density at radius 1 is 0.792 bits per heavy atom. The van der Waals surface area contributed by atoms with E-state index >= 15 is 0 Å². The van der Waals surface area contributed by atoms with Gasteiger partial charge < -0.3 is 5.32 Å². The highest BCUT2D eigenvalue weighted by molar-refractivity contribution is 6.05. The van der Waals surface area contributed by atoms with Crippen LogP contribution >= 0.6 is 0 Å². The summed E-state index contributed by atoms with van der Waals surface area (Å²) in [6, 6.07) is 17.9. The molecule has 0 saturated heterocycles. The van der Waals surface area contributed by atoms with Gasteiger partial charge in [0.1, 0.15) is 0 Å². The van der Waals surface area contributed by atoms with E-state index in [9.17, 15) is 0 Å². The van der Waals surface area contributed by atoms with Gasteiger partial charge in [0, 0.05) is 6.54 Å². The van der Waals surface area contributed by atoms with E-state index in [1.807, 2.05) is 0 Å². The van der Waals surface area contributed by atoms with Gasteiger partial charge in [-0.2, -0.15) is 0 Å². The topological polar surface area (TPSA) is 12.0 Å². The van der Waals surface area contributed by atoms with Crippen molar-refractivity contribution < 1.29 is 0 Å². The van der Waals surface area contributed by atoms with E-state index in [0.29, 0.717) is 0 Å². The Bertz CT molecular complexity index is 786. The molecule has 0 spiro atoms. The summed E-state index contributed by atoms with van der Waals surface area (Å²) in [5, 5.41) is 9.47. The van der Waals surface area contributed by atoms with Crippen LogP contribution in [0.1, 0.15) is 43.7 Å².